The number of imidazole rings is 1. The first-order valence-corrected chi connectivity index (χ1v) is 9.80. The van der Waals surface area contributed by atoms with Crippen LogP contribution in [0.1, 0.15) is 29.9 Å². The Morgan fingerprint density at radius 3 is 2.78 bits per heavy atom. The summed E-state index contributed by atoms with van der Waals surface area (Å²) in [5.74, 6) is 1.06. The van der Waals surface area contributed by atoms with E-state index in [9.17, 15) is 4.79 Å². The predicted octanol–water partition coefficient (Wildman–Crippen LogP) is 2.39. The van der Waals surface area contributed by atoms with Crippen molar-refractivity contribution in [3.63, 3.8) is 0 Å². The quantitative estimate of drug-likeness (QED) is 0.850. The van der Waals surface area contributed by atoms with Gasteiger partial charge >= 0.3 is 0 Å². The van der Waals surface area contributed by atoms with Gasteiger partial charge in [-0.1, -0.05) is 30.3 Å². The molecule has 2 fully saturated rings. The molecule has 4 rings (SSSR count). The van der Waals surface area contributed by atoms with Crippen molar-refractivity contribution in [2.75, 3.05) is 32.8 Å². The molecule has 2 aliphatic rings. The summed E-state index contributed by atoms with van der Waals surface area (Å²) < 4.78 is 5.41. The number of H-pyrrole nitrogens is 1. The third-order valence-corrected chi connectivity index (χ3v) is 5.94. The van der Waals surface area contributed by atoms with Crippen molar-refractivity contribution in [1.29, 1.82) is 0 Å². The van der Waals surface area contributed by atoms with E-state index < -0.39 is 0 Å². The number of ether oxygens (including phenoxy) is 1. The van der Waals surface area contributed by atoms with Gasteiger partial charge in [0.1, 0.15) is 6.61 Å². The number of hydrogen-bond acceptors (Lipinski definition) is 4. The number of rotatable bonds is 6. The molecule has 6 nitrogen and oxygen atoms in total. The Hall–Kier alpha value is -2.18. The predicted molar refractivity (Wildman–Crippen MR) is 103 cm³/mol. The monoisotopic (exact) mass is 368 g/mol. The zero-order valence-corrected chi connectivity index (χ0v) is 16.1. The van der Waals surface area contributed by atoms with Gasteiger partial charge in [-0.3, -0.25) is 9.69 Å². The number of aryl methyl sites for hydroxylation is 1. The minimum absolute atomic E-state index is 0.106. The Bertz CT molecular complexity index is 775. The van der Waals surface area contributed by atoms with Crippen LogP contribution in [0.15, 0.2) is 36.7 Å². The fourth-order valence-electron chi connectivity index (χ4n) is 4.63. The van der Waals surface area contributed by atoms with Crippen molar-refractivity contribution >= 4 is 5.91 Å². The molecule has 0 radical (unpaired) electrons. The summed E-state index contributed by atoms with van der Waals surface area (Å²) in [5, 5.41) is 0. The maximum atomic E-state index is 12.8. The lowest BCUT2D eigenvalue weighted by atomic mass is 9.89. The van der Waals surface area contributed by atoms with Gasteiger partial charge in [-0.15, -0.1) is 0 Å². The van der Waals surface area contributed by atoms with Crippen LogP contribution < -0.4 is 0 Å². The molecule has 0 saturated carbocycles. The van der Waals surface area contributed by atoms with Crippen LogP contribution in [0.2, 0.25) is 0 Å². The summed E-state index contributed by atoms with van der Waals surface area (Å²) in [6.45, 7) is 8.43. The average molecular weight is 368 g/mol. The van der Waals surface area contributed by atoms with Gasteiger partial charge in [0.25, 0.3) is 0 Å². The van der Waals surface area contributed by atoms with Gasteiger partial charge in [0.2, 0.25) is 5.91 Å². The highest BCUT2D eigenvalue weighted by Gasteiger charge is 2.48. The Balaban J connectivity index is 1.52. The fraction of sp³-hybridized carbons (Fsp3) is 0.524. The van der Waals surface area contributed by atoms with Crippen LogP contribution in [0.5, 0.6) is 0 Å². The van der Waals surface area contributed by atoms with Crippen molar-refractivity contribution < 1.29 is 9.53 Å². The van der Waals surface area contributed by atoms with Crippen LogP contribution in [0.4, 0.5) is 0 Å². The van der Waals surface area contributed by atoms with Crippen LogP contribution in [0.25, 0.3) is 0 Å². The Kier molecular flexibility index (Phi) is 5.27. The Morgan fingerprint density at radius 2 is 2.07 bits per heavy atom. The lowest BCUT2D eigenvalue weighted by molar-refractivity contribution is -0.137. The van der Waals surface area contributed by atoms with E-state index in [1.807, 2.05) is 13.0 Å². The molecule has 0 bridgehead atoms. The largest absolute Gasteiger partial charge is 0.372 e. The average Bonchev–Trinajstić information content (AvgIpc) is 3.35. The maximum Gasteiger partial charge on any atom is 0.249 e. The molecule has 3 atom stereocenters. The lowest BCUT2D eigenvalue weighted by Gasteiger charge is -2.30. The summed E-state index contributed by atoms with van der Waals surface area (Å²) in [6.07, 6.45) is 1.77. The lowest BCUT2D eigenvalue weighted by Crippen LogP contribution is -2.37. The van der Waals surface area contributed by atoms with Crippen molar-refractivity contribution in [3.05, 3.63) is 53.6 Å². The number of aromatic amines is 1. The Labute approximate surface area is 160 Å². The standard InChI is InChI=1S/C21H28N4O2/c1-3-27-13-20(26)25-10-17-9-24(12-19-15(2)22-14-23-19)11-18(17)21(25)16-7-5-4-6-8-16/h4-8,14,17-18,21H,3,9-13H2,1-2H3,(H,22,23)/t17-,18-,21+/m0/s1. The third kappa shape index (κ3) is 3.64. The minimum atomic E-state index is 0.106. The van der Waals surface area contributed by atoms with Crippen molar-refractivity contribution in [3.8, 4) is 0 Å². The summed E-state index contributed by atoms with van der Waals surface area (Å²) >= 11 is 0. The molecule has 1 aromatic heterocycles. The van der Waals surface area contributed by atoms with Gasteiger partial charge in [0, 0.05) is 44.4 Å². The molecule has 0 spiro atoms. The first kappa shape index (κ1) is 18.2. The first-order chi connectivity index (χ1) is 13.2. The normalized spacial score (nSPS) is 25.1. The number of nitrogens with zero attached hydrogens (tertiary/aromatic N) is 3. The summed E-state index contributed by atoms with van der Waals surface area (Å²) in [4.78, 5) is 24.9. The topological polar surface area (TPSA) is 61.5 Å². The molecule has 27 heavy (non-hydrogen) atoms. The molecular weight excluding hydrogens is 340 g/mol. The number of carbonyl (C=O) groups excluding carboxylic acids is 1. The molecular formula is C21H28N4O2. The second-order valence-electron chi connectivity index (χ2n) is 7.63. The highest BCUT2D eigenvalue weighted by Crippen LogP contribution is 2.45. The van der Waals surface area contributed by atoms with Crippen LogP contribution >= 0.6 is 0 Å². The molecule has 6 heteroatoms. The second kappa shape index (κ2) is 7.82. The number of benzene rings is 1. The number of likely N-dealkylation sites (tertiary alicyclic amines) is 2. The molecule has 1 N–H and O–H groups in total. The molecule has 1 amide bonds. The van der Waals surface area contributed by atoms with Crippen LogP contribution in [0, 0.1) is 18.8 Å². The molecule has 2 saturated heterocycles. The fourth-order valence-corrected chi connectivity index (χ4v) is 4.63. The van der Waals surface area contributed by atoms with Gasteiger partial charge in [0.05, 0.1) is 18.1 Å². The Morgan fingerprint density at radius 1 is 1.26 bits per heavy atom. The van der Waals surface area contributed by atoms with E-state index in [0.717, 1.165) is 37.6 Å². The number of amides is 1. The summed E-state index contributed by atoms with van der Waals surface area (Å²) in [6, 6.07) is 10.6. The van der Waals surface area contributed by atoms with Crippen molar-refractivity contribution in [2.24, 2.45) is 11.8 Å². The SMILES string of the molecule is CCOCC(=O)N1C[C@@H]2CN(Cc3nc[nH]c3C)C[C@@H]2[C@H]1c1ccccc1. The van der Waals surface area contributed by atoms with Gasteiger partial charge in [-0.2, -0.15) is 0 Å². The molecule has 2 aliphatic heterocycles. The van der Waals surface area contributed by atoms with Gasteiger partial charge < -0.3 is 14.6 Å². The first-order valence-electron chi connectivity index (χ1n) is 9.80. The molecule has 2 aromatic rings. The minimum Gasteiger partial charge on any atom is -0.372 e. The van der Waals surface area contributed by atoms with E-state index >= 15 is 0 Å². The van der Waals surface area contributed by atoms with Crippen LogP contribution in [-0.2, 0) is 16.1 Å². The number of hydrogen-bond donors (Lipinski definition) is 1. The summed E-state index contributed by atoms with van der Waals surface area (Å²) in [7, 11) is 0. The van der Waals surface area contributed by atoms with E-state index in [1.54, 1.807) is 6.33 Å². The van der Waals surface area contributed by atoms with Gasteiger partial charge in [0.15, 0.2) is 0 Å². The van der Waals surface area contributed by atoms with Gasteiger partial charge in [-0.05, 0) is 25.3 Å². The van der Waals surface area contributed by atoms with Crippen molar-refractivity contribution in [2.45, 2.75) is 26.4 Å². The maximum absolute atomic E-state index is 12.8. The van der Waals surface area contributed by atoms with E-state index in [-0.39, 0.29) is 18.6 Å². The second-order valence-corrected chi connectivity index (χ2v) is 7.63. The van der Waals surface area contributed by atoms with Crippen molar-refractivity contribution in [1.82, 2.24) is 19.8 Å². The molecule has 3 heterocycles. The number of carbonyl (C=O) groups is 1. The van der Waals surface area contributed by atoms with E-state index in [4.69, 9.17) is 4.74 Å². The molecule has 0 unspecified atom stereocenters. The zero-order chi connectivity index (χ0) is 18.8. The third-order valence-electron chi connectivity index (χ3n) is 5.94. The van der Waals surface area contributed by atoms with E-state index in [0.29, 0.717) is 18.4 Å². The number of nitrogens with one attached hydrogen (secondary N) is 1. The number of fused-ring (bicyclic) bond motifs is 1. The van der Waals surface area contributed by atoms with E-state index in [1.165, 1.54) is 5.56 Å². The molecule has 144 valence electrons. The van der Waals surface area contributed by atoms with E-state index in [2.05, 4.69) is 51.0 Å². The smallest absolute Gasteiger partial charge is 0.249 e. The highest BCUT2D eigenvalue weighted by molar-refractivity contribution is 5.78. The van der Waals surface area contributed by atoms with Gasteiger partial charge in [-0.25, -0.2) is 4.98 Å². The molecule has 1 aromatic carbocycles. The zero-order valence-electron chi connectivity index (χ0n) is 16.1. The molecule has 0 aliphatic carbocycles. The highest BCUT2D eigenvalue weighted by atomic mass is 16.5. The summed E-state index contributed by atoms with van der Waals surface area (Å²) in [5.41, 5.74) is 3.49. The van der Waals surface area contributed by atoms with Crippen LogP contribution in [0.3, 0.4) is 0 Å². The number of aromatic nitrogens is 2. The van der Waals surface area contributed by atoms with Crippen LogP contribution in [-0.4, -0.2) is 58.5 Å².